The minimum absolute atomic E-state index is 0.0366. The fourth-order valence-electron chi connectivity index (χ4n) is 3.64. The Hall–Kier alpha value is -3.67. The van der Waals surface area contributed by atoms with E-state index in [1.807, 2.05) is 66.5 Å². The first kappa shape index (κ1) is 18.4. The van der Waals surface area contributed by atoms with Gasteiger partial charge in [0.2, 0.25) is 0 Å². The van der Waals surface area contributed by atoms with Gasteiger partial charge in [-0.05, 0) is 25.0 Å². The summed E-state index contributed by atoms with van der Waals surface area (Å²) in [6.07, 6.45) is 4.13. The fraction of sp³-hybridized carbons (Fsp3) is 0.208. The van der Waals surface area contributed by atoms with Crippen molar-refractivity contribution in [2.45, 2.75) is 25.4 Å². The Balaban J connectivity index is 1.44. The Morgan fingerprint density at radius 1 is 1.10 bits per heavy atom. The van der Waals surface area contributed by atoms with Gasteiger partial charge < -0.3 is 10.6 Å². The maximum Gasteiger partial charge on any atom is 0.252 e. The SMILES string of the molecule is Cn1cc(CNc2cc(C(=O)NC3CC3)c3ccccc3n2)c(-c2ccccc2)n1. The van der Waals surface area contributed by atoms with Crippen molar-refractivity contribution >= 4 is 22.6 Å². The molecule has 1 aliphatic carbocycles. The molecule has 1 amide bonds. The Morgan fingerprint density at radius 2 is 1.87 bits per heavy atom. The monoisotopic (exact) mass is 397 g/mol. The molecule has 0 saturated heterocycles. The van der Waals surface area contributed by atoms with Gasteiger partial charge in [-0.2, -0.15) is 5.10 Å². The maximum atomic E-state index is 12.8. The van der Waals surface area contributed by atoms with Crippen LogP contribution in [0, 0.1) is 0 Å². The van der Waals surface area contributed by atoms with Crippen molar-refractivity contribution in [3.8, 4) is 11.3 Å². The van der Waals surface area contributed by atoms with Gasteiger partial charge in [-0.3, -0.25) is 9.48 Å². The number of nitrogens with zero attached hydrogens (tertiary/aromatic N) is 3. The Morgan fingerprint density at radius 3 is 2.67 bits per heavy atom. The highest BCUT2D eigenvalue weighted by molar-refractivity contribution is 6.07. The number of carbonyl (C=O) groups is 1. The predicted molar refractivity (Wildman–Crippen MR) is 118 cm³/mol. The molecular weight excluding hydrogens is 374 g/mol. The molecule has 1 fully saturated rings. The zero-order chi connectivity index (χ0) is 20.5. The second-order valence-electron chi connectivity index (χ2n) is 7.72. The first-order chi connectivity index (χ1) is 14.7. The molecule has 30 heavy (non-hydrogen) atoms. The molecule has 0 spiro atoms. The Bertz CT molecular complexity index is 1210. The Labute approximate surface area is 174 Å². The smallest absolute Gasteiger partial charge is 0.252 e. The summed E-state index contributed by atoms with van der Waals surface area (Å²) in [7, 11) is 1.92. The van der Waals surface area contributed by atoms with Gasteiger partial charge in [-0.1, -0.05) is 48.5 Å². The topological polar surface area (TPSA) is 71.8 Å². The molecule has 0 aliphatic heterocycles. The molecule has 2 aromatic heterocycles. The number of para-hydroxylation sites is 1. The molecule has 6 heteroatoms. The molecule has 150 valence electrons. The summed E-state index contributed by atoms with van der Waals surface area (Å²) >= 11 is 0. The number of rotatable bonds is 6. The zero-order valence-electron chi connectivity index (χ0n) is 16.8. The van der Waals surface area contributed by atoms with Gasteiger partial charge in [0.05, 0.1) is 16.8 Å². The van der Waals surface area contributed by atoms with Crippen molar-refractivity contribution in [3.05, 3.63) is 78.0 Å². The fourth-order valence-corrected chi connectivity index (χ4v) is 3.64. The van der Waals surface area contributed by atoms with Crippen LogP contribution in [0.3, 0.4) is 0 Å². The third-order valence-corrected chi connectivity index (χ3v) is 5.29. The maximum absolute atomic E-state index is 12.8. The number of pyridine rings is 1. The van der Waals surface area contributed by atoms with Gasteiger partial charge in [-0.15, -0.1) is 0 Å². The van der Waals surface area contributed by atoms with Crippen LogP contribution in [-0.2, 0) is 13.6 Å². The number of nitrogens with one attached hydrogen (secondary N) is 2. The van der Waals surface area contributed by atoms with Crippen LogP contribution in [0.25, 0.3) is 22.2 Å². The van der Waals surface area contributed by atoms with Gasteiger partial charge in [-0.25, -0.2) is 4.98 Å². The van der Waals surface area contributed by atoms with E-state index in [0.717, 1.165) is 40.6 Å². The van der Waals surface area contributed by atoms with Crippen molar-refractivity contribution in [2.75, 3.05) is 5.32 Å². The average molecular weight is 397 g/mol. The molecule has 2 heterocycles. The van der Waals surface area contributed by atoms with Crippen molar-refractivity contribution in [1.82, 2.24) is 20.1 Å². The molecule has 5 rings (SSSR count). The van der Waals surface area contributed by atoms with E-state index in [4.69, 9.17) is 4.98 Å². The second kappa shape index (κ2) is 7.63. The normalized spacial score (nSPS) is 13.4. The molecular formula is C24H23N5O. The highest BCUT2D eigenvalue weighted by Crippen LogP contribution is 2.26. The highest BCUT2D eigenvalue weighted by Gasteiger charge is 2.25. The number of hydrogen-bond acceptors (Lipinski definition) is 4. The zero-order valence-corrected chi connectivity index (χ0v) is 16.8. The summed E-state index contributed by atoms with van der Waals surface area (Å²) in [5, 5.41) is 12.0. The summed E-state index contributed by atoms with van der Waals surface area (Å²) in [5.41, 5.74) is 4.55. The van der Waals surface area contributed by atoms with Crippen LogP contribution in [0.5, 0.6) is 0 Å². The van der Waals surface area contributed by atoms with Crippen LogP contribution in [0.2, 0.25) is 0 Å². The lowest BCUT2D eigenvalue weighted by atomic mass is 10.1. The number of hydrogen-bond donors (Lipinski definition) is 2. The number of aryl methyl sites for hydroxylation is 1. The summed E-state index contributed by atoms with van der Waals surface area (Å²) < 4.78 is 1.82. The lowest BCUT2D eigenvalue weighted by molar-refractivity contribution is 0.0952. The highest BCUT2D eigenvalue weighted by atomic mass is 16.1. The van der Waals surface area contributed by atoms with Crippen molar-refractivity contribution in [2.24, 2.45) is 7.05 Å². The van der Waals surface area contributed by atoms with Gasteiger partial charge >= 0.3 is 0 Å². The summed E-state index contributed by atoms with van der Waals surface area (Å²) in [4.78, 5) is 17.5. The van der Waals surface area contributed by atoms with E-state index in [0.29, 0.717) is 24.0 Å². The largest absolute Gasteiger partial charge is 0.366 e. The lowest BCUT2D eigenvalue weighted by Gasteiger charge is -2.11. The quantitative estimate of drug-likeness (QED) is 0.513. The van der Waals surface area contributed by atoms with E-state index in [-0.39, 0.29) is 5.91 Å². The molecule has 1 saturated carbocycles. The molecule has 1 aliphatic rings. The van der Waals surface area contributed by atoms with Gasteiger partial charge in [0.15, 0.2) is 0 Å². The van der Waals surface area contributed by atoms with Gasteiger partial charge in [0, 0.05) is 42.3 Å². The first-order valence-corrected chi connectivity index (χ1v) is 10.2. The van der Waals surface area contributed by atoms with E-state index in [2.05, 4.69) is 27.9 Å². The molecule has 0 radical (unpaired) electrons. The molecule has 2 aromatic carbocycles. The number of carbonyl (C=O) groups excluding carboxylic acids is 1. The molecule has 6 nitrogen and oxygen atoms in total. The molecule has 0 bridgehead atoms. The van der Waals surface area contributed by atoms with Crippen LogP contribution in [0.1, 0.15) is 28.8 Å². The van der Waals surface area contributed by atoms with Crippen LogP contribution >= 0.6 is 0 Å². The van der Waals surface area contributed by atoms with E-state index in [1.165, 1.54) is 0 Å². The summed E-state index contributed by atoms with van der Waals surface area (Å²) in [6.45, 7) is 0.563. The third-order valence-electron chi connectivity index (χ3n) is 5.29. The van der Waals surface area contributed by atoms with Crippen LogP contribution in [0.4, 0.5) is 5.82 Å². The predicted octanol–water partition coefficient (Wildman–Crippen LogP) is 4.14. The minimum Gasteiger partial charge on any atom is -0.366 e. The summed E-state index contributed by atoms with van der Waals surface area (Å²) in [6, 6.07) is 20.1. The van der Waals surface area contributed by atoms with Crippen LogP contribution < -0.4 is 10.6 Å². The number of amides is 1. The number of anilines is 1. The van der Waals surface area contributed by atoms with E-state index in [1.54, 1.807) is 0 Å². The van der Waals surface area contributed by atoms with Crippen LogP contribution in [0.15, 0.2) is 66.9 Å². The van der Waals surface area contributed by atoms with Gasteiger partial charge in [0.1, 0.15) is 5.82 Å². The second-order valence-corrected chi connectivity index (χ2v) is 7.72. The van der Waals surface area contributed by atoms with Gasteiger partial charge in [0.25, 0.3) is 5.91 Å². The van der Waals surface area contributed by atoms with Crippen LogP contribution in [-0.4, -0.2) is 26.7 Å². The standard InChI is InChI=1S/C24H23N5O/c1-29-15-17(23(28-29)16-7-3-2-4-8-16)14-25-22-13-20(24(30)26-18-11-12-18)19-9-5-6-10-21(19)27-22/h2-10,13,15,18H,11-12,14H2,1H3,(H,25,27)(H,26,30). The van der Waals surface area contributed by atoms with Crippen molar-refractivity contribution < 1.29 is 4.79 Å². The Kier molecular flexibility index (Phi) is 4.67. The third kappa shape index (κ3) is 3.76. The minimum atomic E-state index is -0.0366. The molecule has 0 atom stereocenters. The number of fused-ring (bicyclic) bond motifs is 1. The molecule has 4 aromatic rings. The first-order valence-electron chi connectivity index (χ1n) is 10.2. The molecule has 2 N–H and O–H groups in total. The van der Waals surface area contributed by atoms with E-state index in [9.17, 15) is 4.79 Å². The average Bonchev–Trinajstić information content (AvgIpc) is 3.51. The number of aromatic nitrogens is 3. The van der Waals surface area contributed by atoms with Crippen molar-refractivity contribution in [1.29, 1.82) is 0 Å². The van der Waals surface area contributed by atoms with E-state index < -0.39 is 0 Å². The lowest BCUT2D eigenvalue weighted by Crippen LogP contribution is -2.25. The molecule has 0 unspecified atom stereocenters. The van der Waals surface area contributed by atoms with E-state index >= 15 is 0 Å². The summed E-state index contributed by atoms with van der Waals surface area (Å²) in [5.74, 6) is 0.642. The van der Waals surface area contributed by atoms with Crippen molar-refractivity contribution in [3.63, 3.8) is 0 Å². The number of benzene rings is 2.